The Labute approximate surface area is 145 Å². The van der Waals surface area contributed by atoms with Crippen LogP contribution in [0.5, 0.6) is 0 Å². The summed E-state index contributed by atoms with van der Waals surface area (Å²) >= 11 is 7.52. The van der Waals surface area contributed by atoms with Gasteiger partial charge in [-0.15, -0.1) is 0 Å². The molecule has 0 unspecified atom stereocenters. The van der Waals surface area contributed by atoms with Crippen LogP contribution < -0.4 is 0 Å². The van der Waals surface area contributed by atoms with Gasteiger partial charge in [0.05, 0.1) is 12.3 Å². The van der Waals surface area contributed by atoms with Crippen LogP contribution in [0.4, 0.5) is 0 Å². The van der Waals surface area contributed by atoms with Gasteiger partial charge in [-0.05, 0) is 30.7 Å². The molecule has 1 saturated heterocycles. The number of nitrogens with zero attached hydrogens (tertiary/aromatic N) is 3. The summed E-state index contributed by atoms with van der Waals surface area (Å²) in [6, 6.07) is 11.2. The maximum absolute atomic E-state index is 11.1. The van der Waals surface area contributed by atoms with Crippen LogP contribution in [0.25, 0.3) is 0 Å². The highest BCUT2D eigenvalue weighted by atomic mass is 35.5. The first-order valence-electron chi connectivity index (χ1n) is 7.45. The highest BCUT2D eigenvalue weighted by Crippen LogP contribution is 2.39. The lowest BCUT2D eigenvalue weighted by Gasteiger charge is -2.33. The van der Waals surface area contributed by atoms with Gasteiger partial charge in [0.2, 0.25) is 0 Å². The maximum Gasteiger partial charge on any atom is 0.175 e. The summed E-state index contributed by atoms with van der Waals surface area (Å²) in [5.41, 5.74) is 0.846. The molecule has 1 aromatic carbocycles. The first-order valence-corrected chi connectivity index (χ1v) is 8.82. The molecule has 2 heterocycles. The van der Waals surface area contributed by atoms with E-state index in [0.717, 1.165) is 16.3 Å². The summed E-state index contributed by atoms with van der Waals surface area (Å²) in [5, 5.41) is 12.7. The molecule has 0 saturated carbocycles. The summed E-state index contributed by atoms with van der Waals surface area (Å²) in [5.74, 6) is 0.550. The van der Waals surface area contributed by atoms with Gasteiger partial charge in [-0.3, -0.25) is 9.98 Å². The van der Waals surface area contributed by atoms with Gasteiger partial charge in [0, 0.05) is 29.5 Å². The number of pyridine rings is 1. The average Bonchev–Trinajstić information content (AvgIpc) is 2.91. The molecular formula is C17H18ClN3OS. The van der Waals surface area contributed by atoms with Crippen LogP contribution in [0, 0.1) is 0 Å². The Hall–Kier alpha value is -1.56. The van der Waals surface area contributed by atoms with E-state index < -0.39 is 5.72 Å². The monoisotopic (exact) mass is 347 g/mol. The molecule has 1 N–H and O–H groups in total. The van der Waals surface area contributed by atoms with Gasteiger partial charge in [0.1, 0.15) is 0 Å². The normalized spacial score (nSPS) is 22.7. The van der Waals surface area contributed by atoms with Crippen LogP contribution in [-0.2, 0) is 12.3 Å². The van der Waals surface area contributed by atoms with E-state index in [-0.39, 0.29) is 0 Å². The van der Waals surface area contributed by atoms with E-state index in [2.05, 4.69) is 9.98 Å². The van der Waals surface area contributed by atoms with Crippen LogP contribution in [0.1, 0.15) is 18.1 Å². The molecule has 1 aromatic heterocycles. The first-order chi connectivity index (χ1) is 11.1. The summed E-state index contributed by atoms with van der Waals surface area (Å²) < 4.78 is 0. The Morgan fingerprint density at radius 1 is 1.35 bits per heavy atom. The molecule has 1 aliphatic heterocycles. The van der Waals surface area contributed by atoms with Gasteiger partial charge >= 0.3 is 0 Å². The van der Waals surface area contributed by atoms with E-state index >= 15 is 0 Å². The topological polar surface area (TPSA) is 48.7 Å². The zero-order valence-electron chi connectivity index (χ0n) is 12.8. The van der Waals surface area contributed by atoms with Crippen molar-refractivity contribution in [2.45, 2.75) is 19.2 Å². The molecule has 6 heteroatoms. The Bertz CT molecular complexity index is 693. The number of hydrogen-bond donors (Lipinski definition) is 1. The number of aliphatic hydroxyl groups is 1. The zero-order chi connectivity index (χ0) is 16.3. The molecule has 3 rings (SSSR count). The molecule has 2 aromatic rings. The predicted molar refractivity (Wildman–Crippen MR) is 95.6 cm³/mol. The van der Waals surface area contributed by atoms with Crippen molar-refractivity contribution >= 4 is 28.5 Å². The van der Waals surface area contributed by atoms with Gasteiger partial charge in [-0.25, -0.2) is 0 Å². The van der Waals surface area contributed by atoms with Gasteiger partial charge in [0.25, 0.3) is 0 Å². The highest BCUT2D eigenvalue weighted by molar-refractivity contribution is 8.14. The Morgan fingerprint density at radius 2 is 2.13 bits per heavy atom. The number of aromatic nitrogens is 1. The predicted octanol–water partition coefficient (Wildman–Crippen LogP) is 3.51. The zero-order valence-corrected chi connectivity index (χ0v) is 14.4. The number of hydrogen-bond acceptors (Lipinski definition) is 4. The average molecular weight is 348 g/mol. The SMILES string of the molecule is CCN1C(=NCc2cccnc2)SC[C@]1(O)c1ccc(Cl)cc1. The summed E-state index contributed by atoms with van der Waals surface area (Å²) in [4.78, 5) is 10.7. The molecule has 0 aliphatic carbocycles. The fourth-order valence-corrected chi connectivity index (χ4v) is 3.98. The van der Waals surface area contributed by atoms with E-state index in [0.29, 0.717) is 23.9 Å². The smallest absolute Gasteiger partial charge is 0.175 e. The van der Waals surface area contributed by atoms with Crippen LogP contribution in [-0.4, -0.2) is 32.5 Å². The van der Waals surface area contributed by atoms with Gasteiger partial charge in [0.15, 0.2) is 10.9 Å². The van der Waals surface area contributed by atoms with E-state index in [1.165, 1.54) is 0 Å². The minimum atomic E-state index is -1.04. The van der Waals surface area contributed by atoms with E-state index in [4.69, 9.17) is 11.6 Å². The third-order valence-corrected chi connectivity index (χ3v) is 5.23. The molecule has 1 aliphatic rings. The maximum atomic E-state index is 11.1. The Morgan fingerprint density at radius 3 is 2.78 bits per heavy atom. The fraction of sp³-hybridized carbons (Fsp3) is 0.294. The van der Waals surface area contributed by atoms with Crippen molar-refractivity contribution in [3.63, 3.8) is 0 Å². The van der Waals surface area contributed by atoms with Crippen molar-refractivity contribution in [3.8, 4) is 0 Å². The number of aliphatic imine (C=N–C) groups is 1. The van der Waals surface area contributed by atoms with Crippen LogP contribution in [0.15, 0.2) is 53.8 Å². The number of thioether (sulfide) groups is 1. The second-order valence-electron chi connectivity index (χ2n) is 5.32. The summed E-state index contributed by atoms with van der Waals surface area (Å²) in [6.45, 7) is 3.26. The van der Waals surface area contributed by atoms with Gasteiger partial charge < -0.3 is 10.0 Å². The number of benzene rings is 1. The highest BCUT2D eigenvalue weighted by Gasteiger charge is 2.43. The summed E-state index contributed by atoms with van der Waals surface area (Å²) in [6.07, 6.45) is 3.56. The standard InChI is InChI=1S/C17H18ClN3OS/c1-2-21-16(20-11-13-4-3-9-19-10-13)23-12-17(21,22)14-5-7-15(18)8-6-14/h3-10,22H,2,11-12H2,1H3/t17-/m0/s1. The Kier molecular flexibility index (Phi) is 4.90. The van der Waals surface area contributed by atoms with E-state index in [9.17, 15) is 5.11 Å². The first kappa shape index (κ1) is 16.3. The number of rotatable bonds is 4. The minimum Gasteiger partial charge on any atom is -0.366 e. The quantitative estimate of drug-likeness (QED) is 0.919. The second kappa shape index (κ2) is 6.91. The van der Waals surface area contributed by atoms with Gasteiger partial charge in [-0.1, -0.05) is 41.6 Å². The molecule has 1 fully saturated rings. The molecule has 0 spiro atoms. The summed E-state index contributed by atoms with van der Waals surface area (Å²) in [7, 11) is 0. The lowest BCUT2D eigenvalue weighted by molar-refractivity contribution is -0.0453. The van der Waals surface area contributed by atoms with Crippen molar-refractivity contribution in [2.75, 3.05) is 12.3 Å². The van der Waals surface area contributed by atoms with Crippen molar-refractivity contribution in [2.24, 2.45) is 4.99 Å². The minimum absolute atomic E-state index is 0.550. The number of amidine groups is 1. The lowest BCUT2D eigenvalue weighted by Crippen LogP contribution is -2.44. The largest absolute Gasteiger partial charge is 0.366 e. The molecule has 120 valence electrons. The van der Waals surface area contributed by atoms with Crippen LogP contribution >= 0.6 is 23.4 Å². The molecule has 0 radical (unpaired) electrons. The van der Waals surface area contributed by atoms with E-state index in [1.54, 1.807) is 30.1 Å². The van der Waals surface area contributed by atoms with E-state index in [1.807, 2.05) is 42.3 Å². The van der Waals surface area contributed by atoms with Gasteiger partial charge in [-0.2, -0.15) is 0 Å². The Balaban J connectivity index is 1.83. The third-order valence-electron chi connectivity index (χ3n) is 3.82. The van der Waals surface area contributed by atoms with Crippen molar-refractivity contribution < 1.29 is 5.11 Å². The van der Waals surface area contributed by atoms with Crippen LogP contribution in [0.3, 0.4) is 0 Å². The fourth-order valence-electron chi connectivity index (χ4n) is 2.61. The van der Waals surface area contributed by atoms with Crippen molar-refractivity contribution in [1.82, 2.24) is 9.88 Å². The van der Waals surface area contributed by atoms with Crippen molar-refractivity contribution in [1.29, 1.82) is 0 Å². The molecule has 0 amide bonds. The molecule has 4 nitrogen and oxygen atoms in total. The molecular weight excluding hydrogens is 330 g/mol. The molecule has 0 bridgehead atoms. The van der Waals surface area contributed by atoms with Crippen LogP contribution in [0.2, 0.25) is 5.02 Å². The lowest BCUT2D eigenvalue weighted by atomic mass is 10.0. The third kappa shape index (κ3) is 3.37. The molecule has 1 atom stereocenters. The number of halogens is 1. The van der Waals surface area contributed by atoms with Crippen molar-refractivity contribution in [3.05, 3.63) is 64.9 Å². The second-order valence-corrected chi connectivity index (χ2v) is 6.70. The molecule has 23 heavy (non-hydrogen) atoms.